The molecule has 1 aromatic carbocycles. The van der Waals surface area contributed by atoms with Crippen LogP contribution in [0, 0.1) is 0 Å². The Morgan fingerprint density at radius 3 is 2.35 bits per heavy atom. The van der Waals surface area contributed by atoms with E-state index < -0.39 is 24.1 Å². The summed E-state index contributed by atoms with van der Waals surface area (Å²) in [5.41, 5.74) is 4.61. The van der Waals surface area contributed by atoms with Crippen LogP contribution in [0.4, 0.5) is 0 Å². The van der Waals surface area contributed by atoms with E-state index in [1.807, 2.05) is 0 Å². The second-order valence-electron chi connectivity index (χ2n) is 3.34. The van der Waals surface area contributed by atoms with Gasteiger partial charge in [-0.15, -0.1) is 0 Å². The van der Waals surface area contributed by atoms with Gasteiger partial charge in [0, 0.05) is 0 Å². The van der Waals surface area contributed by atoms with Gasteiger partial charge in [0.2, 0.25) is 5.91 Å². The van der Waals surface area contributed by atoms with Gasteiger partial charge in [-0.2, -0.15) is 0 Å². The molecule has 0 heterocycles. The van der Waals surface area contributed by atoms with E-state index in [1.165, 1.54) is 12.1 Å². The van der Waals surface area contributed by atoms with Gasteiger partial charge in [0.15, 0.2) is 6.10 Å². The average molecular weight is 260 g/mol. The van der Waals surface area contributed by atoms with Crippen molar-refractivity contribution in [3.8, 4) is 0 Å². The van der Waals surface area contributed by atoms with Crippen LogP contribution in [0.5, 0.6) is 0 Å². The number of aliphatic hydroxyl groups excluding tert-OH is 2. The molecule has 0 radical (unpaired) electrons. The Morgan fingerprint density at radius 2 is 1.88 bits per heavy atom. The molecule has 17 heavy (non-hydrogen) atoms. The average Bonchev–Trinajstić information content (AvgIpc) is 2.27. The van der Waals surface area contributed by atoms with Crippen molar-refractivity contribution in [2.24, 2.45) is 5.73 Å². The SMILES string of the molecule is NC(=O)C(O)C(O)c1ccc(Cl)c(C(=O)O)c1. The lowest BCUT2D eigenvalue weighted by molar-refractivity contribution is -0.131. The highest BCUT2D eigenvalue weighted by Gasteiger charge is 2.24. The van der Waals surface area contributed by atoms with Gasteiger partial charge in [-0.1, -0.05) is 17.7 Å². The Kier molecular flexibility index (Phi) is 4.06. The fourth-order valence-corrected chi connectivity index (χ4v) is 1.43. The molecule has 92 valence electrons. The lowest BCUT2D eigenvalue weighted by Crippen LogP contribution is -2.33. The van der Waals surface area contributed by atoms with Crippen LogP contribution in [0.1, 0.15) is 22.0 Å². The molecule has 7 heteroatoms. The number of aliphatic hydroxyl groups is 2. The molecule has 0 fully saturated rings. The number of carboxylic acids is 1. The van der Waals surface area contributed by atoms with E-state index in [4.69, 9.17) is 22.4 Å². The van der Waals surface area contributed by atoms with Crippen molar-refractivity contribution in [3.05, 3.63) is 34.3 Å². The predicted octanol–water partition coefficient (Wildman–Crippen LogP) is -0.0822. The first-order valence-electron chi connectivity index (χ1n) is 4.52. The smallest absolute Gasteiger partial charge is 0.337 e. The molecule has 1 rings (SSSR count). The topological polar surface area (TPSA) is 121 Å². The highest BCUT2D eigenvalue weighted by molar-refractivity contribution is 6.33. The lowest BCUT2D eigenvalue weighted by Gasteiger charge is -2.15. The summed E-state index contributed by atoms with van der Waals surface area (Å²) in [6.45, 7) is 0. The number of halogens is 1. The molecule has 1 aromatic rings. The number of primary amides is 1. The van der Waals surface area contributed by atoms with Crippen molar-refractivity contribution in [3.63, 3.8) is 0 Å². The Morgan fingerprint density at radius 1 is 1.29 bits per heavy atom. The number of benzene rings is 1. The normalized spacial score (nSPS) is 14.1. The Labute approximate surface area is 101 Å². The zero-order valence-electron chi connectivity index (χ0n) is 8.50. The fourth-order valence-electron chi connectivity index (χ4n) is 1.23. The molecule has 0 aliphatic rings. The van der Waals surface area contributed by atoms with Gasteiger partial charge in [-0.25, -0.2) is 4.79 Å². The van der Waals surface area contributed by atoms with Crippen LogP contribution in [-0.4, -0.2) is 33.3 Å². The molecule has 0 aliphatic carbocycles. The number of nitrogens with two attached hydrogens (primary N) is 1. The second kappa shape index (κ2) is 5.13. The van der Waals surface area contributed by atoms with Crippen LogP contribution < -0.4 is 5.73 Å². The molecule has 2 atom stereocenters. The van der Waals surface area contributed by atoms with Crippen molar-refractivity contribution < 1.29 is 24.9 Å². The molecular weight excluding hydrogens is 250 g/mol. The summed E-state index contributed by atoms with van der Waals surface area (Å²) in [5, 5.41) is 27.6. The molecule has 5 N–H and O–H groups in total. The monoisotopic (exact) mass is 259 g/mol. The van der Waals surface area contributed by atoms with Crippen LogP contribution >= 0.6 is 11.6 Å². The first kappa shape index (κ1) is 13.4. The summed E-state index contributed by atoms with van der Waals surface area (Å²) in [7, 11) is 0. The van der Waals surface area contributed by atoms with Crippen molar-refractivity contribution in [1.82, 2.24) is 0 Å². The quantitative estimate of drug-likeness (QED) is 0.602. The van der Waals surface area contributed by atoms with E-state index in [2.05, 4.69) is 0 Å². The maximum atomic E-state index is 10.8. The number of hydrogen-bond donors (Lipinski definition) is 4. The molecule has 0 aliphatic heterocycles. The highest BCUT2D eigenvalue weighted by atomic mass is 35.5. The zero-order valence-corrected chi connectivity index (χ0v) is 9.26. The maximum Gasteiger partial charge on any atom is 0.337 e. The van der Waals surface area contributed by atoms with Crippen molar-refractivity contribution in [2.45, 2.75) is 12.2 Å². The summed E-state index contributed by atoms with van der Waals surface area (Å²) in [6, 6.07) is 3.62. The van der Waals surface area contributed by atoms with Crippen LogP contribution in [0.15, 0.2) is 18.2 Å². The highest BCUT2D eigenvalue weighted by Crippen LogP contribution is 2.23. The molecule has 2 unspecified atom stereocenters. The van der Waals surface area contributed by atoms with Gasteiger partial charge >= 0.3 is 5.97 Å². The number of hydrogen-bond acceptors (Lipinski definition) is 4. The van der Waals surface area contributed by atoms with Crippen molar-refractivity contribution >= 4 is 23.5 Å². The van der Waals surface area contributed by atoms with Crippen LogP contribution in [0.3, 0.4) is 0 Å². The summed E-state index contributed by atoms with van der Waals surface area (Å²) in [6.07, 6.45) is -3.40. The van der Waals surface area contributed by atoms with E-state index in [0.29, 0.717) is 0 Å². The number of rotatable bonds is 4. The van der Waals surface area contributed by atoms with E-state index >= 15 is 0 Å². The first-order chi connectivity index (χ1) is 7.84. The second-order valence-corrected chi connectivity index (χ2v) is 3.74. The standard InChI is InChI=1S/C10H10ClNO5/c11-6-2-1-4(3-5(6)10(16)17)7(13)8(14)9(12)15/h1-3,7-8,13-14H,(H2,12,15)(H,16,17). The minimum absolute atomic E-state index is 0.0120. The minimum Gasteiger partial charge on any atom is -0.478 e. The molecule has 0 saturated carbocycles. The lowest BCUT2D eigenvalue weighted by atomic mass is 10.0. The molecule has 0 spiro atoms. The molecule has 0 bridgehead atoms. The third-order valence-corrected chi connectivity index (χ3v) is 2.48. The van der Waals surface area contributed by atoms with Gasteiger partial charge in [-0.3, -0.25) is 4.79 Å². The Balaban J connectivity index is 3.11. The van der Waals surface area contributed by atoms with E-state index in [0.717, 1.165) is 6.07 Å². The van der Waals surface area contributed by atoms with Gasteiger partial charge in [0.05, 0.1) is 10.6 Å². The fraction of sp³-hybridized carbons (Fsp3) is 0.200. The summed E-state index contributed by atoms with van der Waals surface area (Å²) >= 11 is 5.62. The minimum atomic E-state index is -1.81. The van der Waals surface area contributed by atoms with Gasteiger partial charge in [0.1, 0.15) is 6.10 Å². The predicted molar refractivity (Wildman–Crippen MR) is 58.6 cm³/mol. The molecular formula is C10H10ClNO5. The summed E-state index contributed by atoms with van der Waals surface area (Å²) in [5.74, 6) is -2.39. The van der Waals surface area contributed by atoms with Crippen LogP contribution in [-0.2, 0) is 4.79 Å². The largest absolute Gasteiger partial charge is 0.478 e. The van der Waals surface area contributed by atoms with E-state index in [1.54, 1.807) is 0 Å². The summed E-state index contributed by atoms with van der Waals surface area (Å²) in [4.78, 5) is 21.4. The maximum absolute atomic E-state index is 10.8. The van der Waals surface area contributed by atoms with Crippen molar-refractivity contribution in [1.29, 1.82) is 0 Å². The first-order valence-corrected chi connectivity index (χ1v) is 4.90. The molecule has 1 amide bonds. The number of aromatic carboxylic acids is 1. The van der Waals surface area contributed by atoms with E-state index in [-0.39, 0.29) is 16.1 Å². The Hall–Kier alpha value is -1.63. The van der Waals surface area contributed by atoms with Gasteiger partial charge in [0.25, 0.3) is 0 Å². The molecule has 6 nitrogen and oxygen atoms in total. The third kappa shape index (κ3) is 2.94. The molecule has 0 saturated heterocycles. The number of carboxylic acid groups (broad SMARTS) is 1. The number of carbonyl (C=O) groups excluding carboxylic acids is 1. The molecule has 0 aromatic heterocycles. The number of amides is 1. The van der Waals surface area contributed by atoms with Gasteiger partial charge < -0.3 is 21.1 Å². The van der Waals surface area contributed by atoms with Gasteiger partial charge in [-0.05, 0) is 17.7 Å². The van der Waals surface area contributed by atoms with Crippen LogP contribution in [0.25, 0.3) is 0 Å². The number of carbonyl (C=O) groups is 2. The van der Waals surface area contributed by atoms with E-state index in [9.17, 15) is 19.8 Å². The summed E-state index contributed by atoms with van der Waals surface area (Å²) < 4.78 is 0. The zero-order chi connectivity index (χ0) is 13.2. The Bertz CT molecular complexity index is 462. The third-order valence-electron chi connectivity index (χ3n) is 2.15. The van der Waals surface area contributed by atoms with Crippen molar-refractivity contribution in [2.75, 3.05) is 0 Å². The van der Waals surface area contributed by atoms with Crippen LogP contribution in [0.2, 0.25) is 5.02 Å².